The maximum atomic E-state index is 11.3. The van der Waals surface area contributed by atoms with Crippen LogP contribution in [0.1, 0.15) is 22.7 Å². The first-order valence-electron chi connectivity index (χ1n) is 6.88. The number of nitrogens with zero attached hydrogens (tertiary/aromatic N) is 2. The largest absolute Gasteiger partial charge is 0.455 e. The van der Waals surface area contributed by atoms with Crippen molar-refractivity contribution < 1.29 is 14.3 Å². The lowest BCUT2D eigenvalue weighted by molar-refractivity contribution is 0.0922. The summed E-state index contributed by atoms with van der Waals surface area (Å²) in [5.74, 6) is 5.65. The molecule has 0 atom stereocenters. The summed E-state index contributed by atoms with van der Waals surface area (Å²) >= 11 is 0. The molecule has 2 heterocycles. The molecule has 0 unspecified atom stereocenters. The molecule has 7 heteroatoms. The van der Waals surface area contributed by atoms with Gasteiger partial charge >= 0.3 is 5.91 Å². The summed E-state index contributed by atoms with van der Waals surface area (Å²) in [6.45, 7) is 5.49. The summed E-state index contributed by atoms with van der Waals surface area (Å²) in [7, 11) is 0. The van der Waals surface area contributed by atoms with Gasteiger partial charge in [0.2, 0.25) is 0 Å². The minimum absolute atomic E-state index is 0.204. The molecule has 1 aliphatic rings. The molecule has 0 saturated carbocycles. The number of carbonyl (C=O) groups excluding carboxylic acids is 1. The Labute approximate surface area is 118 Å². The second-order valence-corrected chi connectivity index (χ2v) is 4.93. The monoisotopic (exact) mass is 282 g/mol. The molecule has 20 heavy (non-hydrogen) atoms. The van der Waals surface area contributed by atoms with Crippen molar-refractivity contribution in [2.24, 2.45) is 5.84 Å². The number of nitrogens with one attached hydrogen (secondary N) is 1. The van der Waals surface area contributed by atoms with Crippen LogP contribution in [-0.4, -0.2) is 60.1 Å². The average Bonchev–Trinajstić information content (AvgIpc) is 2.80. The van der Waals surface area contributed by atoms with Gasteiger partial charge in [-0.15, -0.1) is 0 Å². The van der Waals surface area contributed by atoms with Crippen molar-refractivity contribution >= 4 is 5.91 Å². The third-order valence-corrected chi connectivity index (χ3v) is 3.49. The average molecular weight is 282 g/mol. The molecule has 1 amide bonds. The topological polar surface area (TPSA) is 95.0 Å². The van der Waals surface area contributed by atoms with Gasteiger partial charge in [-0.2, -0.15) is 0 Å². The SMILES string of the molecule is NNC(=O)c1ccc(CN2CCCN(CCO)CC2)o1. The van der Waals surface area contributed by atoms with Crippen LogP contribution in [-0.2, 0) is 6.54 Å². The van der Waals surface area contributed by atoms with E-state index in [1.54, 1.807) is 12.1 Å². The van der Waals surface area contributed by atoms with E-state index in [9.17, 15) is 4.79 Å². The van der Waals surface area contributed by atoms with Gasteiger partial charge in [0.15, 0.2) is 5.76 Å². The van der Waals surface area contributed by atoms with Crippen molar-refractivity contribution in [2.45, 2.75) is 13.0 Å². The van der Waals surface area contributed by atoms with E-state index in [-0.39, 0.29) is 12.4 Å². The van der Waals surface area contributed by atoms with Gasteiger partial charge in [0.1, 0.15) is 5.76 Å². The van der Waals surface area contributed by atoms with E-state index in [0.29, 0.717) is 6.54 Å². The molecule has 0 aromatic carbocycles. The highest BCUT2D eigenvalue weighted by molar-refractivity contribution is 5.90. The molecule has 0 bridgehead atoms. The molecule has 112 valence electrons. The normalized spacial score (nSPS) is 17.9. The van der Waals surface area contributed by atoms with Gasteiger partial charge in [-0.3, -0.25) is 20.0 Å². The van der Waals surface area contributed by atoms with Crippen LogP contribution in [0, 0.1) is 0 Å². The fourth-order valence-electron chi connectivity index (χ4n) is 2.42. The standard InChI is InChI=1S/C13H22N4O3/c14-15-13(19)12-3-2-11(20-12)10-17-5-1-4-16(6-7-17)8-9-18/h2-3,18H,1,4-10,14H2,(H,15,19). The Morgan fingerprint density at radius 1 is 1.30 bits per heavy atom. The van der Waals surface area contributed by atoms with Crippen molar-refractivity contribution in [3.8, 4) is 0 Å². The smallest absolute Gasteiger partial charge is 0.300 e. The number of hydrogen-bond donors (Lipinski definition) is 3. The predicted octanol–water partition coefficient (Wildman–Crippen LogP) is -0.617. The number of aliphatic hydroxyl groups excluding tert-OH is 1. The Morgan fingerprint density at radius 3 is 2.80 bits per heavy atom. The van der Waals surface area contributed by atoms with Crippen LogP contribution < -0.4 is 11.3 Å². The summed E-state index contributed by atoms with van der Waals surface area (Å²) in [6.07, 6.45) is 1.07. The van der Waals surface area contributed by atoms with Gasteiger partial charge in [0.05, 0.1) is 13.2 Å². The van der Waals surface area contributed by atoms with Gasteiger partial charge in [-0.05, 0) is 31.6 Å². The molecule has 1 aromatic rings. The van der Waals surface area contributed by atoms with Gasteiger partial charge in [-0.1, -0.05) is 0 Å². The van der Waals surface area contributed by atoms with Gasteiger partial charge in [0, 0.05) is 19.6 Å². The number of carbonyl (C=O) groups is 1. The van der Waals surface area contributed by atoms with Crippen molar-refractivity contribution in [3.63, 3.8) is 0 Å². The van der Waals surface area contributed by atoms with Crippen molar-refractivity contribution in [3.05, 3.63) is 23.7 Å². The molecule has 1 aromatic heterocycles. The number of amides is 1. The van der Waals surface area contributed by atoms with Crippen LogP contribution in [0.5, 0.6) is 0 Å². The summed E-state index contributed by atoms with van der Waals surface area (Å²) < 4.78 is 5.47. The zero-order valence-electron chi connectivity index (χ0n) is 11.5. The number of nitrogen functional groups attached to an aromatic ring is 1. The number of β-amino-alcohol motifs (C(OH)–C–C–N with tert-alkyl or cyclic N) is 1. The molecular weight excluding hydrogens is 260 g/mol. The number of hydrogen-bond acceptors (Lipinski definition) is 6. The zero-order chi connectivity index (χ0) is 14.4. The Balaban J connectivity index is 1.87. The van der Waals surface area contributed by atoms with Crippen molar-refractivity contribution in [1.82, 2.24) is 15.2 Å². The molecule has 7 nitrogen and oxygen atoms in total. The molecule has 1 aliphatic heterocycles. The number of rotatable bonds is 5. The highest BCUT2D eigenvalue weighted by Gasteiger charge is 2.16. The Morgan fingerprint density at radius 2 is 2.05 bits per heavy atom. The summed E-state index contributed by atoms with van der Waals surface area (Å²) in [5.41, 5.74) is 2.05. The van der Waals surface area contributed by atoms with E-state index in [1.807, 2.05) is 0 Å². The highest BCUT2D eigenvalue weighted by Crippen LogP contribution is 2.12. The minimum Gasteiger partial charge on any atom is -0.455 e. The Kier molecular flexibility index (Phi) is 5.54. The molecule has 4 N–H and O–H groups in total. The maximum Gasteiger partial charge on any atom is 0.300 e. The van der Waals surface area contributed by atoms with Crippen LogP contribution in [0.25, 0.3) is 0 Å². The fourth-order valence-corrected chi connectivity index (χ4v) is 2.42. The summed E-state index contributed by atoms with van der Waals surface area (Å²) in [6, 6.07) is 3.44. The maximum absolute atomic E-state index is 11.3. The number of aliphatic hydroxyl groups is 1. The fraction of sp³-hybridized carbons (Fsp3) is 0.615. The minimum atomic E-state index is -0.416. The van der Waals surface area contributed by atoms with Crippen molar-refractivity contribution in [1.29, 1.82) is 0 Å². The third-order valence-electron chi connectivity index (χ3n) is 3.49. The van der Waals surface area contributed by atoms with E-state index in [4.69, 9.17) is 15.4 Å². The predicted molar refractivity (Wildman–Crippen MR) is 73.8 cm³/mol. The first kappa shape index (κ1) is 15.0. The second-order valence-electron chi connectivity index (χ2n) is 4.93. The molecule has 1 fully saturated rings. The lowest BCUT2D eigenvalue weighted by atomic mass is 10.3. The number of hydrazine groups is 1. The van der Waals surface area contributed by atoms with Crippen LogP contribution >= 0.6 is 0 Å². The molecular formula is C13H22N4O3. The van der Waals surface area contributed by atoms with Gasteiger partial charge in [0.25, 0.3) is 0 Å². The van der Waals surface area contributed by atoms with Crippen LogP contribution in [0.15, 0.2) is 16.5 Å². The van der Waals surface area contributed by atoms with Gasteiger partial charge in [-0.25, -0.2) is 5.84 Å². The quantitative estimate of drug-likeness (QED) is 0.379. The van der Waals surface area contributed by atoms with Crippen LogP contribution in [0.3, 0.4) is 0 Å². The summed E-state index contributed by atoms with van der Waals surface area (Å²) in [5, 5.41) is 8.97. The van der Waals surface area contributed by atoms with Crippen molar-refractivity contribution in [2.75, 3.05) is 39.3 Å². The number of furan rings is 1. The lowest BCUT2D eigenvalue weighted by Crippen LogP contribution is -2.32. The zero-order valence-corrected chi connectivity index (χ0v) is 11.5. The second kappa shape index (κ2) is 7.39. The molecule has 0 spiro atoms. The Hall–Kier alpha value is -1.41. The molecule has 0 radical (unpaired) electrons. The van der Waals surface area contributed by atoms with Gasteiger partial charge < -0.3 is 9.52 Å². The van der Waals surface area contributed by atoms with E-state index in [0.717, 1.165) is 44.9 Å². The molecule has 2 rings (SSSR count). The van der Waals surface area contributed by atoms with E-state index < -0.39 is 5.91 Å². The van der Waals surface area contributed by atoms with E-state index in [2.05, 4.69) is 15.2 Å². The van der Waals surface area contributed by atoms with Crippen LogP contribution in [0.2, 0.25) is 0 Å². The first-order chi connectivity index (χ1) is 9.72. The number of nitrogens with two attached hydrogens (primary N) is 1. The highest BCUT2D eigenvalue weighted by atomic mass is 16.4. The Bertz CT molecular complexity index is 435. The third kappa shape index (κ3) is 4.04. The van der Waals surface area contributed by atoms with E-state index in [1.165, 1.54) is 0 Å². The lowest BCUT2D eigenvalue weighted by Gasteiger charge is -2.20. The first-order valence-corrected chi connectivity index (χ1v) is 6.88. The molecule has 0 aliphatic carbocycles. The van der Waals surface area contributed by atoms with Crippen LogP contribution in [0.4, 0.5) is 0 Å². The van der Waals surface area contributed by atoms with E-state index >= 15 is 0 Å². The molecule has 1 saturated heterocycles. The summed E-state index contributed by atoms with van der Waals surface area (Å²) in [4.78, 5) is 15.9.